The summed E-state index contributed by atoms with van der Waals surface area (Å²) in [5.41, 5.74) is -1.69. The van der Waals surface area contributed by atoms with Crippen LogP contribution in [0.2, 0.25) is 0 Å². The van der Waals surface area contributed by atoms with Crippen molar-refractivity contribution in [1.82, 2.24) is 4.31 Å². The number of thioether (sulfide) groups is 1. The summed E-state index contributed by atoms with van der Waals surface area (Å²) >= 11 is 0.705. The highest BCUT2D eigenvalue weighted by atomic mass is 32.2. The number of nitrogens with zero attached hydrogens (tertiary/aromatic N) is 2. The van der Waals surface area contributed by atoms with Crippen LogP contribution in [-0.4, -0.2) is 42.4 Å². The molecule has 3 rings (SSSR count). The lowest BCUT2D eigenvalue weighted by Gasteiger charge is -2.16. The lowest BCUT2D eigenvalue weighted by atomic mass is 10.2. The first-order valence-corrected chi connectivity index (χ1v) is 11.8. The molecule has 0 atom stereocenters. The van der Waals surface area contributed by atoms with Crippen LogP contribution in [0.25, 0.3) is 0 Å². The highest BCUT2D eigenvalue weighted by Gasteiger charge is 2.33. The Morgan fingerprint density at radius 3 is 2.47 bits per heavy atom. The quantitative estimate of drug-likeness (QED) is 0.356. The Morgan fingerprint density at radius 1 is 1.16 bits per heavy atom. The maximum Gasteiger partial charge on any atom is 0.416 e. The second-order valence-corrected chi connectivity index (χ2v) is 9.87. The number of halogens is 3. The van der Waals surface area contributed by atoms with E-state index in [1.54, 1.807) is 0 Å². The van der Waals surface area contributed by atoms with Crippen LogP contribution in [0, 0.1) is 10.1 Å². The SMILES string of the molecule is O=C(CSc1ccc(C(F)(F)F)cc1[N+](=O)[O-])Nc1cccc(S(=O)(=O)N2CCCC2)c1. The van der Waals surface area contributed by atoms with Gasteiger partial charge in [0.2, 0.25) is 15.9 Å². The Labute approximate surface area is 186 Å². The average Bonchev–Trinajstić information content (AvgIpc) is 3.27. The zero-order valence-electron chi connectivity index (χ0n) is 16.5. The van der Waals surface area contributed by atoms with E-state index in [0.717, 1.165) is 18.9 Å². The number of nitro groups is 1. The molecule has 0 unspecified atom stereocenters. The molecule has 1 fully saturated rings. The van der Waals surface area contributed by atoms with E-state index in [1.807, 2.05) is 0 Å². The van der Waals surface area contributed by atoms with Crippen molar-refractivity contribution in [1.29, 1.82) is 0 Å². The molecule has 0 spiro atoms. The molecule has 0 aliphatic carbocycles. The highest BCUT2D eigenvalue weighted by Crippen LogP contribution is 2.36. The van der Waals surface area contributed by atoms with Crippen molar-refractivity contribution in [2.24, 2.45) is 0 Å². The van der Waals surface area contributed by atoms with E-state index in [1.165, 1.54) is 28.6 Å². The molecule has 1 saturated heterocycles. The van der Waals surface area contributed by atoms with E-state index >= 15 is 0 Å². The molecule has 8 nitrogen and oxygen atoms in total. The lowest BCUT2D eigenvalue weighted by Crippen LogP contribution is -2.28. The van der Waals surface area contributed by atoms with Crippen LogP contribution in [0.15, 0.2) is 52.3 Å². The van der Waals surface area contributed by atoms with E-state index in [4.69, 9.17) is 0 Å². The predicted octanol–water partition coefficient (Wildman–Crippen LogP) is 4.13. The minimum atomic E-state index is -4.73. The molecule has 32 heavy (non-hydrogen) atoms. The molecular weight excluding hydrogens is 471 g/mol. The van der Waals surface area contributed by atoms with Crippen LogP contribution in [0.4, 0.5) is 24.5 Å². The zero-order chi connectivity index (χ0) is 23.5. The Balaban J connectivity index is 1.69. The van der Waals surface area contributed by atoms with Gasteiger partial charge in [-0.1, -0.05) is 6.07 Å². The normalized spacial score (nSPS) is 15.0. The summed E-state index contributed by atoms with van der Waals surface area (Å²) in [7, 11) is -3.67. The van der Waals surface area contributed by atoms with Gasteiger partial charge in [0.05, 0.1) is 26.0 Å². The maximum atomic E-state index is 12.8. The van der Waals surface area contributed by atoms with Gasteiger partial charge in [0.15, 0.2) is 0 Å². The Hall–Kier alpha value is -2.64. The maximum absolute atomic E-state index is 12.8. The molecule has 172 valence electrons. The van der Waals surface area contributed by atoms with Gasteiger partial charge in [-0.25, -0.2) is 8.42 Å². The Bertz CT molecular complexity index is 1130. The molecule has 13 heteroatoms. The lowest BCUT2D eigenvalue weighted by molar-refractivity contribution is -0.388. The zero-order valence-corrected chi connectivity index (χ0v) is 18.1. The van der Waals surface area contributed by atoms with Crippen molar-refractivity contribution >= 4 is 39.1 Å². The van der Waals surface area contributed by atoms with Crippen molar-refractivity contribution in [3.63, 3.8) is 0 Å². The van der Waals surface area contributed by atoms with Crippen molar-refractivity contribution < 1.29 is 31.3 Å². The standard InChI is InChI=1S/C19H18F3N3O5S2/c20-19(21,22)13-6-7-17(16(10-13)25(27)28)31-12-18(26)23-14-4-3-5-15(11-14)32(29,30)24-8-1-2-9-24/h3-7,10-11H,1-2,8-9,12H2,(H,23,26). The number of carbonyl (C=O) groups excluding carboxylic acids is 1. The number of alkyl halides is 3. The smallest absolute Gasteiger partial charge is 0.325 e. The number of benzene rings is 2. The van der Waals surface area contributed by atoms with Gasteiger partial charge in [0.1, 0.15) is 0 Å². The molecule has 0 saturated carbocycles. The minimum Gasteiger partial charge on any atom is -0.325 e. The van der Waals surface area contributed by atoms with Gasteiger partial charge in [-0.3, -0.25) is 14.9 Å². The molecule has 1 aliphatic rings. The van der Waals surface area contributed by atoms with Crippen molar-refractivity contribution in [2.75, 3.05) is 24.2 Å². The average molecular weight is 489 g/mol. The van der Waals surface area contributed by atoms with Gasteiger partial charge in [-0.2, -0.15) is 17.5 Å². The number of rotatable bonds is 7. The Kier molecular flexibility index (Phi) is 7.10. The van der Waals surface area contributed by atoms with E-state index in [0.29, 0.717) is 37.0 Å². The second-order valence-electron chi connectivity index (χ2n) is 6.91. The van der Waals surface area contributed by atoms with Crippen LogP contribution in [0.3, 0.4) is 0 Å². The van der Waals surface area contributed by atoms with Gasteiger partial charge in [-0.15, -0.1) is 11.8 Å². The molecule has 1 N–H and O–H groups in total. The molecule has 2 aromatic rings. The fourth-order valence-electron chi connectivity index (χ4n) is 3.11. The van der Waals surface area contributed by atoms with Gasteiger partial charge in [-0.05, 0) is 43.2 Å². The number of sulfonamides is 1. The summed E-state index contributed by atoms with van der Waals surface area (Å²) in [6, 6.07) is 7.79. The molecule has 0 bridgehead atoms. The van der Waals surface area contributed by atoms with E-state index < -0.39 is 38.3 Å². The van der Waals surface area contributed by atoms with Crippen molar-refractivity contribution in [3.05, 3.63) is 58.1 Å². The topological polar surface area (TPSA) is 110 Å². The molecule has 2 aromatic carbocycles. The summed E-state index contributed by atoms with van der Waals surface area (Å²) in [5.74, 6) is -0.921. The number of hydrogen-bond donors (Lipinski definition) is 1. The van der Waals surface area contributed by atoms with Crippen LogP contribution >= 0.6 is 11.8 Å². The molecule has 1 heterocycles. The number of nitrogens with one attached hydrogen (secondary N) is 1. The largest absolute Gasteiger partial charge is 0.416 e. The second kappa shape index (κ2) is 9.46. The summed E-state index contributed by atoms with van der Waals surface area (Å²) < 4.78 is 65.0. The third-order valence-electron chi connectivity index (χ3n) is 4.66. The van der Waals surface area contributed by atoms with Crippen LogP contribution in [0.1, 0.15) is 18.4 Å². The molecule has 0 radical (unpaired) electrons. The molecular formula is C19H18F3N3O5S2. The first kappa shape index (κ1) is 24.0. The fourth-order valence-corrected chi connectivity index (χ4v) is 5.48. The third kappa shape index (κ3) is 5.58. The fraction of sp³-hybridized carbons (Fsp3) is 0.316. The number of carbonyl (C=O) groups is 1. The summed E-state index contributed by atoms with van der Waals surface area (Å²) in [4.78, 5) is 22.4. The number of nitro benzene ring substituents is 1. The van der Waals surface area contributed by atoms with E-state index in [9.17, 15) is 36.5 Å². The monoisotopic (exact) mass is 489 g/mol. The molecule has 0 aromatic heterocycles. The predicted molar refractivity (Wildman–Crippen MR) is 112 cm³/mol. The first-order valence-electron chi connectivity index (χ1n) is 9.37. The number of amides is 1. The Morgan fingerprint density at radius 2 is 1.84 bits per heavy atom. The third-order valence-corrected chi connectivity index (χ3v) is 7.62. The molecule has 1 amide bonds. The highest BCUT2D eigenvalue weighted by molar-refractivity contribution is 8.00. The van der Waals surface area contributed by atoms with Crippen LogP contribution in [0.5, 0.6) is 0 Å². The molecule has 1 aliphatic heterocycles. The summed E-state index contributed by atoms with van der Waals surface area (Å²) in [5, 5.41) is 13.6. The van der Waals surface area contributed by atoms with E-state index in [2.05, 4.69) is 5.32 Å². The van der Waals surface area contributed by atoms with Crippen LogP contribution < -0.4 is 5.32 Å². The number of anilines is 1. The van der Waals surface area contributed by atoms with Gasteiger partial charge < -0.3 is 5.32 Å². The van der Waals surface area contributed by atoms with Gasteiger partial charge in [0, 0.05) is 24.8 Å². The van der Waals surface area contributed by atoms with Gasteiger partial charge >= 0.3 is 6.18 Å². The first-order chi connectivity index (χ1) is 15.0. The van der Waals surface area contributed by atoms with E-state index in [-0.39, 0.29) is 21.2 Å². The summed E-state index contributed by atoms with van der Waals surface area (Å²) in [6.07, 6.45) is -3.17. The summed E-state index contributed by atoms with van der Waals surface area (Å²) in [6.45, 7) is 0.864. The van der Waals surface area contributed by atoms with Crippen molar-refractivity contribution in [3.8, 4) is 0 Å². The number of hydrogen-bond acceptors (Lipinski definition) is 6. The van der Waals surface area contributed by atoms with Gasteiger partial charge in [0.25, 0.3) is 5.69 Å². The van der Waals surface area contributed by atoms with Crippen LogP contribution in [-0.2, 0) is 21.0 Å². The van der Waals surface area contributed by atoms with Crippen molar-refractivity contribution in [2.45, 2.75) is 28.8 Å². The minimum absolute atomic E-state index is 0.0308.